The standard InChI is InChI=1S/C54H33N3/c1-2-13-36(14-3-1)51-55-52(40-27-24-35-23-26-39(31-42(35)32-40)38-25-22-34-12-4-5-15-37(34)30-38)57-53(56-51)41-28-29-46-45-18-8-11-21-49(45)54(50(46)33-41)47-19-9-6-16-43(47)44-17-7-10-20-48(44)54/h1-33H. The molecule has 0 saturated heterocycles. The van der Waals surface area contributed by atoms with Crippen molar-refractivity contribution in [3.63, 3.8) is 0 Å². The minimum atomic E-state index is -0.450. The molecule has 1 heterocycles. The van der Waals surface area contributed by atoms with Crippen LogP contribution >= 0.6 is 0 Å². The largest absolute Gasteiger partial charge is 0.208 e. The van der Waals surface area contributed by atoms with Crippen LogP contribution in [0.3, 0.4) is 0 Å². The summed E-state index contributed by atoms with van der Waals surface area (Å²) < 4.78 is 0. The van der Waals surface area contributed by atoms with E-state index in [1.54, 1.807) is 0 Å². The highest BCUT2D eigenvalue weighted by Crippen LogP contribution is 2.63. The van der Waals surface area contributed by atoms with Gasteiger partial charge in [0.25, 0.3) is 0 Å². The summed E-state index contributed by atoms with van der Waals surface area (Å²) >= 11 is 0. The van der Waals surface area contributed by atoms with Crippen molar-refractivity contribution in [2.45, 2.75) is 5.41 Å². The van der Waals surface area contributed by atoms with Gasteiger partial charge in [0.15, 0.2) is 17.5 Å². The van der Waals surface area contributed by atoms with Gasteiger partial charge in [0, 0.05) is 16.7 Å². The van der Waals surface area contributed by atoms with E-state index in [0.29, 0.717) is 17.5 Å². The molecule has 3 nitrogen and oxygen atoms in total. The van der Waals surface area contributed by atoms with E-state index < -0.39 is 5.41 Å². The van der Waals surface area contributed by atoms with E-state index >= 15 is 0 Å². The van der Waals surface area contributed by atoms with Gasteiger partial charge in [0.05, 0.1) is 5.41 Å². The molecule has 1 aromatic heterocycles. The third kappa shape index (κ3) is 4.76. The van der Waals surface area contributed by atoms with Crippen molar-refractivity contribution < 1.29 is 0 Å². The fourth-order valence-electron chi connectivity index (χ4n) is 9.52. The summed E-state index contributed by atoms with van der Waals surface area (Å²) in [5.74, 6) is 1.94. The van der Waals surface area contributed by atoms with Crippen LogP contribution in [0.2, 0.25) is 0 Å². The predicted octanol–water partition coefficient (Wildman–Crippen LogP) is 13.2. The number of nitrogens with zero attached hydrogens (tertiary/aromatic N) is 3. The fourth-order valence-corrected chi connectivity index (χ4v) is 9.52. The van der Waals surface area contributed by atoms with Gasteiger partial charge in [-0.05, 0) is 101 Å². The van der Waals surface area contributed by atoms with Crippen molar-refractivity contribution in [2.75, 3.05) is 0 Å². The van der Waals surface area contributed by atoms with Gasteiger partial charge in [0.2, 0.25) is 0 Å². The zero-order chi connectivity index (χ0) is 37.5. The van der Waals surface area contributed by atoms with E-state index in [1.165, 1.54) is 71.8 Å². The summed E-state index contributed by atoms with van der Waals surface area (Å²) in [5.41, 5.74) is 15.1. The van der Waals surface area contributed by atoms with Gasteiger partial charge in [0.1, 0.15) is 0 Å². The number of fused-ring (bicyclic) bond motifs is 12. The zero-order valence-corrected chi connectivity index (χ0v) is 30.9. The first-order chi connectivity index (χ1) is 28.2. The molecule has 2 aliphatic carbocycles. The highest BCUT2D eigenvalue weighted by atomic mass is 15.0. The SMILES string of the molecule is c1ccc(-c2nc(-c3ccc4c(c3)C3(c5ccccc5-c5ccccc53)c3ccccc3-4)nc(-c3ccc4ccc(-c5ccc6ccccc6c5)cc4c3)n2)cc1. The monoisotopic (exact) mass is 723 g/mol. The Bertz CT molecular complexity index is 3190. The van der Waals surface area contributed by atoms with E-state index in [4.69, 9.17) is 15.0 Å². The molecule has 0 fully saturated rings. The summed E-state index contributed by atoms with van der Waals surface area (Å²) in [4.78, 5) is 15.6. The van der Waals surface area contributed by atoms with Gasteiger partial charge in [-0.15, -0.1) is 0 Å². The van der Waals surface area contributed by atoms with Crippen LogP contribution in [0.15, 0.2) is 200 Å². The molecule has 1 spiro atoms. The first-order valence-corrected chi connectivity index (χ1v) is 19.5. The topological polar surface area (TPSA) is 38.7 Å². The number of rotatable bonds is 4. The Labute approximate surface area is 330 Å². The van der Waals surface area contributed by atoms with Crippen LogP contribution in [0.5, 0.6) is 0 Å². The van der Waals surface area contributed by atoms with Crippen molar-refractivity contribution in [2.24, 2.45) is 0 Å². The van der Waals surface area contributed by atoms with E-state index in [0.717, 1.165) is 22.1 Å². The lowest BCUT2D eigenvalue weighted by molar-refractivity contribution is 0.794. The molecule has 0 unspecified atom stereocenters. The zero-order valence-electron chi connectivity index (χ0n) is 30.9. The van der Waals surface area contributed by atoms with Gasteiger partial charge in [-0.3, -0.25) is 0 Å². The minimum absolute atomic E-state index is 0.450. The molecule has 0 radical (unpaired) electrons. The Morgan fingerprint density at radius 3 is 1.26 bits per heavy atom. The van der Waals surface area contributed by atoms with E-state index in [9.17, 15) is 0 Å². The van der Waals surface area contributed by atoms with Crippen LogP contribution in [0.25, 0.3) is 89.1 Å². The maximum atomic E-state index is 5.28. The summed E-state index contributed by atoms with van der Waals surface area (Å²) in [6.07, 6.45) is 0. The van der Waals surface area contributed by atoms with Gasteiger partial charge < -0.3 is 0 Å². The summed E-state index contributed by atoms with van der Waals surface area (Å²) in [6, 6.07) is 72.2. The molecule has 0 aliphatic heterocycles. The predicted molar refractivity (Wildman–Crippen MR) is 233 cm³/mol. The molecule has 3 heteroatoms. The summed E-state index contributed by atoms with van der Waals surface area (Å²) in [6.45, 7) is 0. The maximum Gasteiger partial charge on any atom is 0.164 e. The molecule has 0 N–H and O–H groups in total. The summed E-state index contributed by atoms with van der Waals surface area (Å²) in [7, 11) is 0. The Hall–Kier alpha value is -7.49. The second-order valence-electron chi connectivity index (χ2n) is 15.2. The minimum Gasteiger partial charge on any atom is -0.208 e. The molecule has 57 heavy (non-hydrogen) atoms. The molecular formula is C54H33N3. The highest BCUT2D eigenvalue weighted by molar-refractivity contribution is 5.96. The third-order valence-electron chi connectivity index (χ3n) is 12.1. The Morgan fingerprint density at radius 2 is 0.649 bits per heavy atom. The first kappa shape index (κ1) is 31.8. The van der Waals surface area contributed by atoms with Crippen LogP contribution in [-0.4, -0.2) is 15.0 Å². The maximum absolute atomic E-state index is 5.28. The van der Waals surface area contributed by atoms with E-state index in [2.05, 4.69) is 182 Å². The molecule has 2 aliphatic rings. The van der Waals surface area contributed by atoms with Crippen LogP contribution in [0.1, 0.15) is 22.3 Å². The molecular weight excluding hydrogens is 691 g/mol. The lowest BCUT2D eigenvalue weighted by atomic mass is 9.70. The van der Waals surface area contributed by atoms with Crippen LogP contribution < -0.4 is 0 Å². The quantitative estimate of drug-likeness (QED) is 0.181. The number of aromatic nitrogens is 3. The Morgan fingerprint density at radius 1 is 0.246 bits per heavy atom. The molecule has 10 aromatic rings. The molecule has 0 saturated carbocycles. The van der Waals surface area contributed by atoms with Crippen molar-refractivity contribution >= 4 is 21.5 Å². The lowest BCUT2D eigenvalue weighted by Crippen LogP contribution is -2.25. The van der Waals surface area contributed by atoms with Crippen LogP contribution in [0, 0.1) is 0 Å². The van der Waals surface area contributed by atoms with Crippen LogP contribution in [-0.2, 0) is 5.41 Å². The van der Waals surface area contributed by atoms with Gasteiger partial charge in [-0.25, -0.2) is 15.0 Å². The van der Waals surface area contributed by atoms with Crippen molar-refractivity contribution in [1.29, 1.82) is 0 Å². The van der Waals surface area contributed by atoms with Crippen LogP contribution in [0.4, 0.5) is 0 Å². The molecule has 0 bridgehead atoms. The first-order valence-electron chi connectivity index (χ1n) is 19.5. The Balaban J connectivity index is 1.04. The fraction of sp³-hybridized carbons (Fsp3) is 0.0185. The van der Waals surface area contributed by atoms with E-state index in [1.807, 2.05) is 18.2 Å². The second kappa shape index (κ2) is 12.3. The smallest absolute Gasteiger partial charge is 0.164 e. The summed E-state index contributed by atoms with van der Waals surface area (Å²) in [5, 5.41) is 4.78. The normalized spacial score (nSPS) is 13.1. The van der Waals surface area contributed by atoms with E-state index in [-0.39, 0.29) is 0 Å². The van der Waals surface area contributed by atoms with Gasteiger partial charge in [-0.2, -0.15) is 0 Å². The highest BCUT2D eigenvalue weighted by Gasteiger charge is 2.51. The molecule has 12 rings (SSSR count). The lowest BCUT2D eigenvalue weighted by Gasteiger charge is -2.30. The number of hydrogen-bond donors (Lipinski definition) is 0. The van der Waals surface area contributed by atoms with Gasteiger partial charge in [-0.1, -0.05) is 176 Å². The van der Waals surface area contributed by atoms with Gasteiger partial charge >= 0.3 is 0 Å². The molecule has 0 atom stereocenters. The molecule has 264 valence electrons. The third-order valence-corrected chi connectivity index (χ3v) is 12.1. The van der Waals surface area contributed by atoms with Crippen molar-refractivity contribution in [1.82, 2.24) is 15.0 Å². The average Bonchev–Trinajstić information content (AvgIpc) is 3.76. The molecule has 0 amide bonds. The average molecular weight is 724 g/mol. The number of hydrogen-bond acceptors (Lipinski definition) is 3. The van der Waals surface area contributed by atoms with Crippen molar-refractivity contribution in [3.05, 3.63) is 222 Å². The van der Waals surface area contributed by atoms with Crippen molar-refractivity contribution in [3.8, 4) is 67.5 Å². The molecule has 9 aromatic carbocycles. The second-order valence-corrected chi connectivity index (χ2v) is 15.2. The Kier molecular flexibility index (Phi) is 6.84. The number of benzene rings is 9.